The predicted octanol–water partition coefficient (Wildman–Crippen LogP) is 0.411. The number of benzene rings is 1. The average Bonchev–Trinajstić information content (AvgIpc) is 2.46. The molecule has 0 saturated carbocycles. The zero-order valence-electron chi connectivity index (χ0n) is 11.3. The molecular formula is C14H17FN2O3. The van der Waals surface area contributed by atoms with Crippen molar-refractivity contribution in [3.63, 3.8) is 0 Å². The van der Waals surface area contributed by atoms with Gasteiger partial charge < -0.3 is 14.9 Å². The molecule has 0 atom stereocenters. The van der Waals surface area contributed by atoms with E-state index in [2.05, 4.69) is 0 Å². The summed E-state index contributed by atoms with van der Waals surface area (Å²) in [5.74, 6) is -1.24. The van der Waals surface area contributed by atoms with Gasteiger partial charge in [0, 0.05) is 26.2 Å². The molecule has 1 fully saturated rings. The van der Waals surface area contributed by atoms with Crippen molar-refractivity contribution in [2.75, 3.05) is 32.8 Å². The average molecular weight is 280 g/mol. The molecule has 2 amide bonds. The van der Waals surface area contributed by atoms with Crippen LogP contribution in [0.1, 0.15) is 15.9 Å². The summed E-state index contributed by atoms with van der Waals surface area (Å²) in [5.41, 5.74) is 0.815. The van der Waals surface area contributed by atoms with Crippen molar-refractivity contribution in [2.24, 2.45) is 0 Å². The number of carbonyl (C=O) groups excluding carboxylic acids is 2. The van der Waals surface area contributed by atoms with E-state index in [0.29, 0.717) is 26.2 Å². The molecule has 0 radical (unpaired) electrons. The first-order valence-corrected chi connectivity index (χ1v) is 6.47. The van der Waals surface area contributed by atoms with Crippen LogP contribution >= 0.6 is 0 Å². The molecule has 6 heteroatoms. The van der Waals surface area contributed by atoms with E-state index in [0.717, 1.165) is 5.56 Å². The second kappa shape index (κ2) is 6.00. The third-order valence-corrected chi connectivity index (χ3v) is 3.41. The molecule has 0 bridgehead atoms. The third kappa shape index (κ3) is 2.96. The molecule has 5 nitrogen and oxygen atoms in total. The molecule has 1 aromatic rings. The minimum absolute atomic E-state index is 0.0533. The van der Waals surface area contributed by atoms with Gasteiger partial charge in [0.1, 0.15) is 12.4 Å². The van der Waals surface area contributed by atoms with E-state index in [1.807, 2.05) is 0 Å². The summed E-state index contributed by atoms with van der Waals surface area (Å²) in [6, 6.07) is 4.51. The fourth-order valence-corrected chi connectivity index (χ4v) is 2.22. The molecule has 1 aromatic carbocycles. The molecule has 0 spiro atoms. The number of nitrogens with zero attached hydrogens (tertiary/aromatic N) is 2. The van der Waals surface area contributed by atoms with E-state index in [1.165, 1.54) is 21.9 Å². The number of hydrogen-bond donors (Lipinski definition) is 1. The maximum atomic E-state index is 13.8. The largest absolute Gasteiger partial charge is 0.387 e. The van der Waals surface area contributed by atoms with Gasteiger partial charge in [0.25, 0.3) is 5.91 Å². The molecule has 0 unspecified atom stereocenters. The number of rotatable bonds is 2. The predicted molar refractivity (Wildman–Crippen MR) is 70.7 cm³/mol. The molecule has 1 aliphatic rings. The lowest BCUT2D eigenvalue weighted by atomic mass is 10.1. The standard InChI is InChI=1S/C14H17FN2O3/c1-10-2-3-11(12(15)8-10)14(20)17-6-4-16(5-7-17)13(19)9-18/h2-3,8,18H,4-7,9H2,1H3. The summed E-state index contributed by atoms with van der Waals surface area (Å²) in [7, 11) is 0. The van der Waals surface area contributed by atoms with Gasteiger partial charge in [-0.2, -0.15) is 0 Å². The highest BCUT2D eigenvalue weighted by molar-refractivity contribution is 5.94. The van der Waals surface area contributed by atoms with Crippen molar-refractivity contribution in [2.45, 2.75) is 6.92 Å². The number of aryl methyl sites for hydroxylation is 1. The van der Waals surface area contributed by atoms with Gasteiger partial charge in [-0.3, -0.25) is 9.59 Å². The van der Waals surface area contributed by atoms with Crippen molar-refractivity contribution < 1.29 is 19.1 Å². The lowest BCUT2D eigenvalue weighted by Gasteiger charge is -2.34. The molecule has 1 heterocycles. The molecule has 0 aromatic heterocycles. The molecule has 1 aliphatic heterocycles. The third-order valence-electron chi connectivity index (χ3n) is 3.41. The number of piperazine rings is 1. The minimum atomic E-state index is -0.527. The maximum Gasteiger partial charge on any atom is 0.256 e. The molecule has 1 saturated heterocycles. The summed E-state index contributed by atoms with van der Waals surface area (Å²) in [4.78, 5) is 26.5. The van der Waals surface area contributed by atoms with Crippen LogP contribution in [-0.4, -0.2) is 59.5 Å². The van der Waals surface area contributed by atoms with Gasteiger partial charge in [0.15, 0.2) is 0 Å². The molecule has 108 valence electrons. The Morgan fingerprint density at radius 3 is 2.35 bits per heavy atom. The normalized spacial score (nSPS) is 15.3. The van der Waals surface area contributed by atoms with E-state index in [4.69, 9.17) is 5.11 Å². The highest BCUT2D eigenvalue weighted by atomic mass is 19.1. The summed E-state index contributed by atoms with van der Waals surface area (Å²) in [6.45, 7) is 2.64. The van der Waals surface area contributed by atoms with Gasteiger partial charge >= 0.3 is 0 Å². The first-order chi connectivity index (χ1) is 9.52. The maximum absolute atomic E-state index is 13.8. The van der Waals surface area contributed by atoms with Crippen molar-refractivity contribution in [1.82, 2.24) is 9.80 Å². The van der Waals surface area contributed by atoms with Gasteiger partial charge in [-0.05, 0) is 24.6 Å². The number of halogens is 1. The van der Waals surface area contributed by atoms with Crippen LogP contribution in [-0.2, 0) is 4.79 Å². The van der Waals surface area contributed by atoms with Crippen molar-refractivity contribution in [1.29, 1.82) is 0 Å². The van der Waals surface area contributed by atoms with Crippen LogP contribution in [0.15, 0.2) is 18.2 Å². The van der Waals surface area contributed by atoms with E-state index in [1.54, 1.807) is 13.0 Å². The zero-order valence-corrected chi connectivity index (χ0v) is 11.3. The Hall–Kier alpha value is -1.95. The Balaban J connectivity index is 2.03. The molecule has 0 aliphatic carbocycles. The zero-order chi connectivity index (χ0) is 14.7. The summed E-state index contributed by atoms with van der Waals surface area (Å²) >= 11 is 0. The lowest BCUT2D eigenvalue weighted by Crippen LogP contribution is -2.51. The highest BCUT2D eigenvalue weighted by Gasteiger charge is 2.25. The van der Waals surface area contributed by atoms with Gasteiger partial charge in [0.2, 0.25) is 5.91 Å². The summed E-state index contributed by atoms with van der Waals surface area (Å²) in [5, 5.41) is 8.78. The topological polar surface area (TPSA) is 60.9 Å². The van der Waals surface area contributed by atoms with Crippen LogP contribution in [0.5, 0.6) is 0 Å². The second-order valence-electron chi connectivity index (χ2n) is 4.81. The van der Waals surface area contributed by atoms with Crippen LogP contribution < -0.4 is 0 Å². The molecule has 1 N–H and O–H groups in total. The number of aliphatic hydroxyl groups excluding tert-OH is 1. The van der Waals surface area contributed by atoms with Crippen LogP contribution in [0.2, 0.25) is 0 Å². The Kier molecular flexibility index (Phi) is 4.34. The fraction of sp³-hybridized carbons (Fsp3) is 0.429. The SMILES string of the molecule is Cc1ccc(C(=O)N2CCN(C(=O)CO)CC2)c(F)c1. The second-order valence-corrected chi connectivity index (χ2v) is 4.81. The van der Waals surface area contributed by atoms with Crippen LogP contribution in [0.3, 0.4) is 0 Å². The number of amides is 2. The fourth-order valence-electron chi connectivity index (χ4n) is 2.22. The Bertz CT molecular complexity index is 525. The van der Waals surface area contributed by atoms with E-state index < -0.39 is 12.4 Å². The number of hydrogen-bond acceptors (Lipinski definition) is 3. The van der Waals surface area contributed by atoms with Gasteiger partial charge in [-0.25, -0.2) is 4.39 Å². The van der Waals surface area contributed by atoms with Crippen LogP contribution in [0.25, 0.3) is 0 Å². The molecule has 20 heavy (non-hydrogen) atoms. The molecule has 2 rings (SSSR count). The summed E-state index contributed by atoms with van der Waals surface area (Å²) < 4.78 is 13.8. The minimum Gasteiger partial charge on any atom is -0.387 e. The van der Waals surface area contributed by atoms with Gasteiger partial charge in [-0.1, -0.05) is 6.07 Å². The van der Waals surface area contributed by atoms with E-state index in [9.17, 15) is 14.0 Å². The van der Waals surface area contributed by atoms with E-state index in [-0.39, 0.29) is 17.4 Å². The van der Waals surface area contributed by atoms with Crippen molar-refractivity contribution in [3.05, 3.63) is 35.1 Å². The first-order valence-electron chi connectivity index (χ1n) is 6.47. The molecular weight excluding hydrogens is 263 g/mol. The Morgan fingerprint density at radius 2 is 1.80 bits per heavy atom. The quantitative estimate of drug-likeness (QED) is 0.853. The van der Waals surface area contributed by atoms with Crippen molar-refractivity contribution in [3.8, 4) is 0 Å². The lowest BCUT2D eigenvalue weighted by molar-refractivity contribution is -0.135. The number of carbonyl (C=O) groups is 2. The van der Waals surface area contributed by atoms with Gasteiger partial charge in [0.05, 0.1) is 5.56 Å². The highest BCUT2D eigenvalue weighted by Crippen LogP contribution is 2.14. The van der Waals surface area contributed by atoms with Crippen molar-refractivity contribution >= 4 is 11.8 Å². The smallest absolute Gasteiger partial charge is 0.256 e. The Morgan fingerprint density at radius 1 is 1.20 bits per heavy atom. The van der Waals surface area contributed by atoms with Crippen LogP contribution in [0, 0.1) is 12.7 Å². The van der Waals surface area contributed by atoms with E-state index >= 15 is 0 Å². The van der Waals surface area contributed by atoms with Crippen LogP contribution in [0.4, 0.5) is 4.39 Å². The number of aliphatic hydroxyl groups is 1. The Labute approximate surface area is 116 Å². The monoisotopic (exact) mass is 280 g/mol. The van der Waals surface area contributed by atoms with Gasteiger partial charge in [-0.15, -0.1) is 0 Å². The first kappa shape index (κ1) is 14.5. The summed E-state index contributed by atoms with van der Waals surface area (Å²) in [6.07, 6.45) is 0.